The molecule has 0 fully saturated rings. The molecular formula is C12H18ClN5. The first-order chi connectivity index (χ1) is 8.47. The lowest BCUT2D eigenvalue weighted by Gasteiger charge is -2.14. The van der Waals surface area contributed by atoms with Crippen molar-refractivity contribution in [2.45, 2.75) is 26.4 Å². The molecule has 0 amide bonds. The molecule has 0 atom stereocenters. The molecule has 1 aromatic rings. The summed E-state index contributed by atoms with van der Waals surface area (Å²) in [6.45, 7) is 4.37. The summed E-state index contributed by atoms with van der Waals surface area (Å²) in [4.78, 5) is 0. The van der Waals surface area contributed by atoms with Crippen molar-refractivity contribution in [3.05, 3.63) is 34.9 Å². The Labute approximate surface area is 112 Å². The van der Waals surface area contributed by atoms with Crippen LogP contribution < -0.4 is 16.0 Å². The summed E-state index contributed by atoms with van der Waals surface area (Å²) >= 11 is 5.78. The van der Waals surface area contributed by atoms with Gasteiger partial charge in [0.2, 0.25) is 0 Å². The monoisotopic (exact) mass is 267 g/mol. The van der Waals surface area contributed by atoms with E-state index in [1.807, 2.05) is 26.0 Å². The van der Waals surface area contributed by atoms with Gasteiger partial charge in [-0.3, -0.25) is 16.1 Å². The molecule has 0 saturated carbocycles. The van der Waals surface area contributed by atoms with Crippen LogP contribution in [-0.2, 0) is 6.54 Å². The minimum Gasteiger partial charge on any atom is -0.354 e. The molecule has 1 rings (SSSR count). The Balaban J connectivity index is 2.33. The molecule has 0 bridgehead atoms. The zero-order valence-corrected chi connectivity index (χ0v) is 11.2. The van der Waals surface area contributed by atoms with Gasteiger partial charge in [0, 0.05) is 17.6 Å². The van der Waals surface area contributed by atoms with E-state index in [2.05, 4.69) is 16.0 Å². The fourth-order valence-electron chi connectivity index (χ4n) is 1.29. The van der Waals surface area contributed by atoms with Crippen molar-refractivity contribution < 1.29 is 0 Å². The number of benzene rings is 1. The van der Waals surface area contributed by atoms with Gasteiger partial charge in [0.15, 0.2) is 11.9 Å². The first kappa shape index (κ1) is 14.3. The Kier molecular flexibility index (Phi) is 5.45. The molecule has 5 N–H and O–H groups in total. The summed E-state index contributed by atoms with van der Waals surface area (Å²) < 4.78 is 0. The van der Waals surface area contributed by atoms with Crippen molar-refractivity contribution in [1.29, 1.82) is 10.8 Å². The lowest BCUT2D eigenvalue weighted by atomic mass is 10.2. The fraction of sp³-hybridized carbons (Fsp3) is 0.333. The van der Waals surface area contributed by atoms with Gasteiger partial charge in [0.1, 0.15) is 0 Å². The minimum absolute atomic E-state index is 0.0862. The Morgan fingerprint density at radius 3 is 2.33 bits per heavy atom. The zero-order valence-electron chi connectivity index (χ0n) is 10.5. The minimum atomic E-state index is 0.0862. The van der Waals surface area contributed by atoms with Gasteiger partial charge in [0.05, 0.1) is 0 Å². The van der Waals surface area contributed by atoms with Crippen molar-refractivity contribution in [2.75, 3.05) is 0 Å². The molecule has 0 aliphatic heterocycles. The maximum atomic E-state index is 7.63. The molecule has 18 heavy (non-hydrogen) atoms. The third-order valence-corrected chi connectivity index (χ3v) is 2.32. The second-order valence-corrected chi connectivity index (χ2v) is 4.59. The van der Waals surface area contributed by atoms with E-state index in [0.29, 0.717) is 11.6 Å². The van der Waals surface area contributed by atoms with E-state index in [0.717, 1.165) is 5.56 Å². The summed E-state index contributed by atoms with van der Waals surface area (Å²) in [7, 11) is 0. The van der Waals surface area contributed by atoms with Crippen LogP contribution in [0.2, 0.25) is 5.02 Å². The fourth-order valence-corrected chi connectivity index (χ4v) is 1.41. The van der Waals surface area contributed by atoms with E-state index in [4.69, 9.17) is 22.4 Å². The first-order valence-electron chi connectivity index (χ1n) is 5.66. The molecule has 0 spiro atoms. The average Bonchev–Trinajstić information content (AvgIpc) is 2.27. The van der Waals surface area contributed by atoms with Crippen LogP contribution >= 0.6 is 11.6 Å². The highest BCUT2D eigenvalue weighted by Gasteiger charge is 2.01. The van der Waals surface area contributed by atoms with Gasteiger partial charge in [-0.05, 0) is 31.5 Å². The Morgan fingerprint density at radius 1 is 1.17 bits per heavy atom. The van der Waals surface area contributed by atoms with E-state index >= 15 is 0 Å². The zero-order chi connectivity index (χ0) is 13.5. The smallest absolute Gasteiger partial charge is 0.195 e. The number of halogens is 1. The Bertz CT molecular complexity index is 413. The third kappa shape index (κ3) is 5.54. The predicted molar refractivity (Wildman–Crippen MR) is 75.2 cm³/mol. The Morgan fingerprint density at radius 2 is 1.78 bits per heavy atom. The highest BCUT2D eigenvalue weighted by atomic mass is 35.5. The van der Waals surface area contributed by atoms with Gasteiger partial charge < -0.3 is 10.6 Å². The molecule has 0 heterocycles. The number of hydrogen-bond acceptors (Lipinski definition) is 2. The molecule has 98 valence electrons. The molecule has 0 aliphatic rings. The van der Waals surface area contributed by atoms with E-state index in [1.54, 1.807) is 12.1 Å². The number of nitrogens with one attached hydrogen (secondary N) is 5. The second kappa shape index (κ2) is 6.86. The van der Waals surface area contributed by atoms with Crippen molar-refractivity contribution in [2.24, 2.45) is 0 Å². The van der Waals surface area contributed by atoms with Crippen LogP contribution in [0.25, 0.3) is 0 Å². The number of hydrogen-bond donors (Lipinski definition) is 5. The van der Waals surface area contributed by atoms with Crippen LogP contribution in [0.4, 0.5) is 0 Å². The van der Waals surface area contributed by atoms with E-state index < -0.39 is 0 Å². The normalized spacial score (nSPS) is 10.0. The van der Waals surface area contributed by atoms with E-state index in [9.17, 15) is 0 Å². The second-order valence-electron chi connectivity index (χ2n) is 4.15. The van der Waals surface area contributed by atoms with E-state index in [-0.39, 0.29) is 18.0 Å². The summed E-state index contributed by atoms with van der Waals surface area (Å²) in [6.07, 6.45) is 0. The standard InChI is InChI=1S/C12H18ClN5/c1-8(2)17-12(15)18-11(14)16-7-9-3-5-10(13)6-4-9/h3-6,8H,7H2,1-2H3,(H5,14,15,16,17,18). The van der Waals surface area contributed by atoms with Gasteiger partial charge in [-0.1, -0.05) is 23.7 Å². The van der Waals surface area contributed by atoms with Crippen molar-refractivity contribution in [3.63, 3.8) is 0 Å². The first-order valence-corrected chi connectivity index (χ1v) is 6.04. The largest absolute Gasteiger partial charge is 0.354 e. The lowest BCUT2D eigenvalue weighted by Crippen LogP contribution is -2.47. The van der Waals surface area contributed by atoms with Gasteiger partial charge >= 0.3 is 0 Å². The molecule has 0 unspecified atom stereocenters. The van der Waals surface area contributed by atoms with Crippen LogP contribution in [0.3, 0.4) is 0 Å². The van der Waals surface area contributed by atoms with Crippen LogP contribution in [0, 0.1) is 10.8 Å². The number of rotatable bonds is 3. The molecule has 0 aromatic heterocycles. The topological polar surface area (TPSA) is 83.8 Å². The lowest BCUT2D eigenvalue weighted by molar-refractivity contribution is 0.714. The molecule has 0 saturated heterocycles. The SMILES string of the molecule is CC(C)NC(=N)NC(=N)NCc1ccc(Cl)cc1. The van der Waals surface area contributed by atoms with Crippen LogP contribution in [0.5, 0.6) is 0 Å². The molecule has 0 aliphatic carbocycles. The Hall–Kier alpha value is -1.75. The van der Waals surface area contributed by atoms with Gasteiger partial charge in [0.25, 0.3) is 0 Å². The quantitative estimate of drug-likeness (QED) is 0.428. The van der Waals surface area contributed by atoms with Crippen LogP contribution in [-0.4, -0.2) is 18.0 Å². The molecule has 5 nitrogen and oxygen atoms in total. The maximum Gasteiger partial charge on any atom is 0.195 e. The third-order valence-electron chi connectivity index (χ3n) is 2.07. The maximum absolute atomic E-state index is 7.63. The van der Waals surface area contributed by atoms with E-state index in [1.165, 1.54) is 0 Å². The van der Waals surface area contributed by atoms with Crippen LogP contribution in [0.1, 0.15) is 19.4 Å². The van der Waals surface area contributed by atoms with Crippen molar-refractivity contribution in [1.82, 2.24) is 16.0 Å². The van der Waals surface area contributed by atoms with Gasteiger partial charge in [-0.15, -0.1) is 0 Å². The molecular weight excluding hydrogens is 250 g/mol. The van der Waals surface area contributed by atoms with Crippen molar-refractivity contribution in [3.8, 4) is 0 Å². The highest BCUT2D eigenvalue weighted by molar-refractivity contribution is 6.30. The predicted octanol–water partition coefficient (Wildman–Crippen LogP) is 1.89. The summed E-state index contributed by atoms with van der Waals surface area (Å²) in [5, 5.41) is 24.2. The summed E-state index contributed by atoms with van der Waals surface area (Å²) in [5.74, 6) is 0.196. The van der Waals surface area contributed by atoms with Gasteiger partial charge in [-0.25, -0.2) is 0 Å². The van der Waals surface area contributed by atoms with Crippen LogP contribution in [0.15, 0.2) is 24.3 Å². The summed E-state index contributed by atoms with van der Waals surface area (Å²) in [5.41, 5.74) is 1.02. The van der Waals surface area contributed by atoms with Gasteiger partial charge in [-0.2, -0.15) is 0 Å². The van der Waals surface area contributed by atoms with Crippen molar-refractivity contribution >= 4 is 23.5 Å². The molecule has 6 heteroatoms. The molecule has 0 radical (unpaired) electrons. The average molecular weight is 268 g/mol. The molecule has 1 aromatic carbocycles. The number of guanidine groups is 2. The summed E-state index contributed by atoms with van der Waals surface area (Å²) in [6, 6.07) is 7.55. The highest BCUT2D eigenvalue weighted by Crippen LogP contribution is 2.08.